The van der Waals surface area contributed by atoms with Gasteiger partial charge in [0.15, 0.2) is 0 Å². The van der Waals surface area contributed by atoms with Crippen LogP contribution in [0.25, 0.3) is 0 Å². The Labute approximate surface area is 109 Å². The van der Waals surface area contributed by atoms with Crippen molar-refractivity contribution < 1.29 is 4.79 Å². The van der Waals surface area contributed by atoms with Gasteiger partial charge in [-0.1, -0.05) is 13.8 Å². The maximum Gasteiger partial charge on any atom is 0.272 e. The summed E-state index contributed by atoms with van der Waals surface area (Å²) in [6, 6.07) is 2.31. The number of rotatable bonds is 3. The van der Waals surface area contributed by atoms with Crippen LogP contribution in [0.1, 0.15) is 49.8 Å². The van der Waals surface area contributed by atoms with Crippen LogP contribution in [0.2, 0.25) is 0 Å². The minimum atomic E-state index is 0.130. The molecular formula is C14H23N3O. The van der Waals surface area contributed by atoms with Gasteiger partial charge in [-0.15, -0.1) is 0 Å². The number of aromatic nitrogens is 2. The lowest BCUT2D eigenvalue weighted by molar-refractivity contribution is 0.0736. The summed E-state index contributed by atoms with van der Waals surface area (Å²) in [5, 5.41) is 4.44. The van der Waals surface area contributed by atoms with Gasteiger partial charge in [0.25, 0.3) is 5.91 Å². The zero-order valence-electron chi connectivity index (χ0n) is 11.8. The molecule has 0 N–H and O–H groups in total. The number of nitrogens with zero attached hydrogens (tertiary/aromatic N) is 3. The lowest BCUT2D eigenvalue weighted by Gasteiger charge is -2.21. The van der Waals surface area contributed by atoms with Crippen LogP contribution in [-0.4, -0.2) is 33.2 Å². The summed E-state index contributed by atoms with van der Waals surface area (Å²) in [5.41, 5.74) is 1.74. The topological polar surface area (TPSA) is 38.1 Å². The van der Waals surface area contributed by atoms with Crippen LogP contribution in [0.5, 0.6) is 0 Å². The van der Waals surface area contributed by atoms with Crippen molar-refractivity contribution in [3.63, 3.8) is 0 Å². The third kappa shape index (κ3) is 2.57. The molecule has 1 aliphatic rings. The first kappa shape index (κ1) is 13.1. The van der Waals surface area contributed by atoms with E-state index in [1.54, 1.807) is 4.68 Å². The lowest BCUT2D eigenvalue weighted by Crippen LogP contribution is -2.34. The fraction of sp³-hybridized carbons (Fsp3) is 0.714. The molecule has 1 aromatic heterocycles. The fourth-order valence-corrected chi connectivity index (χ4v) is 2.63. The van der Waals surface area contributed by atoms with Gasteiger partial charge in [-0.3, -0.25) is 9.48 Å². The molecule has 0 aromatic carbocycles. The van der Waals surface area contributed by atoms with E-state index in [0.29, 0.717) is 12.0 Å². The van der Waals surface area contributed by atoms with E-state index in [1.807, 2.05) is 18.0 Å². The second kappa shape index (κ2) is 5.12. The number of likely N-dealkylation sites (tertiary alicyclic amines) is 1. The molecule has 0 spiro atoms. The standard InChI is InChI=1S/C14H23N3O/c1-10(2)8-12-9-13(16(4)15-12)14(18)17-7-5-6-11(17)3/h9-11H,5-8H2,1-4H3/t11-/m0/s1. The lowest BCUT2D eigenvalue weighted by atomic mass is 10.1. The minimum absolute atomic E-state index is 0.130. The largest absolute Gasteiger partial charge is 0.335 e. The molecule has 2 rings (SSSR count). The van der Waals surface area contributed by atoms with Crippen molar-refractivity contribution in [3.05, 3.63) is 17.5 Å². The predicted molar refractivity (Wildman–Crippen MR) is 71.5 cm³/mol. The van der Waals surface area contributed by atoms with Crippen LogP contribution in [-0.2, 0) is 13.5 Å². The summed E-state index contributed by atoms with van der Waals surface area (Å²) >= 11 is 0. The number of hydrogen-bond acceptors (Lipinski definition) is 2. The van der Waals surface area contributed by atoms with Crippen molar-refractivity contribution >= 4 is 5.91 Å². The van der Waals surface area contributed by atoms with Crippen LogP contribution in [0.3, 0.4) is 0 Å². The highest BCUT2D eigenvalue weighted by molar-refractivity contribution is 5.93. The highest BCUT2D eigenvalue weighted by Gasteiger charge is 2.28. The molecule has 0 radical (unpaired) electrons. The molecule has 18 heavy (non-hydrogen) atoms. The summed E-state index contributed by atoms with van der Waals surface area (Å²) in [6.45, 7) is 7.33. The third-order valence-corrected chi connectivity index (χ3v) is 3.58. The molecule has 1 amide bonds. The van der Waals surface area contributed by atoms with Crippen LogP contribution in [0.4, 0.5) is 0 Å². The Morgan fingerprint density at radius 2 is 2.28 bits per heavy atom. The SMILES string of the molecule is CC(C)Cc1cc(C(=O)N2CCC[C@@H]2C)n(C)n1. The van der Waals surface area contributed by atoms with Crippen molar-refractivity contribution in [3.8, 4) is 0 Å². The summed E-state index contributed by atoms with van der Waals surface area (Å²) in [4.78, 5) is 14.4. The van der Waals surface area contributed by atoms with Gasteiger partial charge in [-0.05, 0) is 38.2 Å². The molecule has 100 valence electrons. The van der Waals surface area contributed by atoms with Crippen LogP contribution < -0.4 is 0 Å². The van der Waals surface area contributed by atoms with Crippen molar-refractivity contribution in [1.82, 2.24) is 14.7 Å². The molecule has 4 heteroatoms. The molecule has 1 atom stereocenters. The zero-order chi connectivity index (χ0) is 13.3. The van der Waals surface area contributed by atoms with Gasteiger partial charge in [0.05, 0.1) is 5.69 Å². The summed E-state index contributed by atoms with van der Waals surface area (Å²) in [6.07, 6.45) is 3.16. The molecule has 0 unspecified atom stereocenters. The quantitative estimate of drug-likeness (QED) is 0.824. The summed E-state index contributed by atoms with van der Waals surface area (Å²) in [7, 11) is 1.86. The van der Waals surface area contributed by atoms with Gasteiger partial charge >= 0.3 is 0 Å². The Kier molecular flexibility index (Phi) is 3.73. The van der Waals surface area contributed by atoms with Gasteiger partial charge in [0.2, 0.25) is 0 Å². The van der Waals surface area contributed by atoms with Crippen molar-refractivity contribution in [1.29, 1.82) is 0 Å². The Morgan fingerprint density at radius 3 is 2.83 bits per heavy atom. The van der Waals surface area contributed by atoms with Gasteiger partial charge < -0.3 is 4.90 Å². The first-order valence-corrected chi connectivity index (χ1v) is 6.83. The first-order chi connectivity index (χ1) is 8.49. The van der Waals surface area contributed by atoms with Crippen LogP contribution in [0, 0.1) is 5.92 Å². The molecule has 0 bridgehead atoms. The van der Waals surface area contributed by atoms with Gasteiger partial charge in [0.1, 0.15) is 5.69 Å². The minimum Gasteiger partial charge on any atom is -0.335 e. The normalized spacial score (nSPS) is 19.8. The van der Waals surface area contributed by atoms with Crippen LogP contribution in [0.15, 0.2) is 6.07 Å². The maximum atomic E-state index is 12.4. The second-order valence-electron chi connectivity index (χ2n) is 5.73. The molecular weight excluding hydrogens is 226 g/mol. The highest BCUT2D eigenvalue weighted by atomic mass is 16.2. The van der Waals surface area contributed by atoms with E-state index in [-0.39, 0.29) is 5.91 Å². The molecule has 1 fully saturated rings. The molecule has 0 aliphatic carbocycles. The predicted octanol–water partition coefficient (Wildman–Crippen LogP) is 2.24. The number of carbonyl (C=O) groups excluding carboxylic acids is 1. The smallest absolute Gasteiger partial charge is 0.272 e. The van der Waals surface area contributed by atoms with E-state index in [1.165, 1.54) is 0 Å². The Balaban J connectivity index is 2.17. The van der Waals surface area contributed by atoms with Gasteiger partial charge in [-0.25, -0.2) is 0 Å². The van der Waals surface area contributed by atoms with E-state index >= 15 is 0 Å². The Morgan fingerprint density at radius 1 is 1.56 bits per heavy atom. The van der Waals surface area contributed by atoms with Crippen molar-refractivity contribution in [2.75, 3.05) is 6.54 Å². The average Bonchev–Trinajstić information content (AvgIpc) is 2.83. The van der Waals surface area contributed by atoms with Gasteiger partial charge in [0, 0.05) is 19.6 Å². The monoisotopic (exact) mass is 249 g/mol. The second-order valence-corrected chi connectivity index (χ2v) is 5.73. The molecule has 4 nitrogen and oxygen atoms in total. The molecule has 1 aliphatic heterocycles. The van der Waals surface area contributed by atoms with Gasteiger partial charge in [-0.2, -0.15) is 5.10 Å². The number of aryl methyl sites for hydroxylation is 1. The van der Waals surface area contributed by atoms with E-state index in [0.717, 1.165) is 37.2 Å². The number of carbonyl (C=O) groups is 1. The number of amides is 1. The molecule has 1 saturated heterocycles. The van der Waals surface area contributed by atoms with E-state index < -0.39 is 0 Å². The fourth-order valence-electron chi connectivity index (χ4n) is 2.63. The van der Waals surface area contributed by atoms with E-state index in [9.17, 15) is 4.79 Å². The average molecular weight is 249 g/mol. The summed E-state index contributed by atoms with van der Waals surface area (Å²) in [5.74, 6) is 0.693. The zero-order valence-corrected chi connectivity index (χ0v) is 11.8. The molecule has 2 heterocycles. The van der Waals surface area contributed by atoms with Crippen molar-refractivity contribution in [2.24, 2.45) is 13.0 Å². The Hall–Kier alpha value is -1.32. The van der Waals surface area contributed by atoms with Crippen LogP contribution >= 0.6 is 0 Å². The van der Waals surface area contributed by atoms with E-state index in [4.69, 9.17) is 0 Å². The van der Waals surface area contributed by atoms with Crippen molar-refractivity contribution in [2.45, 2.75) is 46.1 Å². The Bertz CT molecular complexity index is 436. The molecule has 1 aromatic rings. The number of hydrogen-bond donors (Lipinski definition) is 0. The molecule has 0 saturated carbocycles. The third-order valence-electron chi connectivity index (χ3n) is 3.58. The van der Waals surface area contributed by atoms with E-state index in [2.05, 4.69) is 25.9 Å². The highest BCUT2D eigenvalue weighted by Crippen LogP contribution is 2.20. The summed E-state index contributed by atoms with van der Waals surface area (Å²) < 4.78 is 1.73. The first-order valence-electron chi connectivity index (χ1n) is 6.83. The maximum absolute atomic E-state index is 12.4.